The largest absolute Gasteiger partial charge is 0.381 e. The summed E-state index contributed by atoms with van der Waals surface area (Å²) in [6.45, 7) is 2.89. The van der Waals surface area contributed by atoms with Crippen LogP contribution in [0.1, 0.15) is 32.6 Å². The fourth-order valence-corrected chi connectivity index (χ4v) is 1.80. The summed E-state index contributed by atoms with van der Waals surface area (Å²) < 4.78 is 0. The third kappa shape index (κ3) is 4.86. The zero-order valence-corrected chi connectivity index (χ0v) is 10.6. The number of hydrogen-bond acceptors (Lipinski definition) is 2. The standard InChI is InChI=1S/C13H21ClN2/c1-2-3-4-5-13(10-15)16-12-8-6-11(14)7-9-12/h6-9,13,16H,2-5,10,15H2,1H3. The Balaban J connectivity index is 2.40. The molecule has 1 rings (SSSR count). The highest BCUT2D eigenvalue weighted by Gasteiger charge is 2.05. The van der Waals surface area contributed by atoms with Crippen LogP contribution in [0.5, 0.6) is 0 Å². The van der Waals surface area contributed by atoms with Gasteiger partial charge in [0.1, 0.15) is 0 Å². The van der Waals surface area contributed by atoms with Crippen LogP contribution in [-0.4, -0.2) is 12.6 Å². The van der Waals surface area contributed by atoms with Gasteiger partial charge in [0.2, 0.25) is 0 Å². The van der Waals surface area contributed by atoms with Gasteiger partial charge < -0.3 is 11.1 Å². The van der Waals surface area contributed by atoms with E-state index >= 15 is 0 Å². The van der Waals surface area contributed by atoms with Crippen molar-refractivity contribution >= 4 is 17.3 Å². The Morgan fingerprint density at radius 2 is 1.94 bits per heavy atom. The van der Waals surface area contributed by atoms with Crippen molar-refractivity contribution in [2.75, 3.05) is 11.9 Å². The van der Waals surface area contributed by atoms with E-state index in [1.54, 1.807) is 0 Å². The van der Waals surface area contributed by atoms with Crippen LogP contribution in [-0.2, 0) is 0 Å². The van der Waals surface area contributed by atoms with Crippen molar-refractivity contribution in [3.8, 4) is 0 Å². The third-order valence-corrected chi connectivity index (χ3v) is 2.91. The fraction of sp³-hybridized carbons (Fsp3) is 0.538. The lowest BCUT2D eigenvalue weighted by atomic mass is 10.1. The van der Waals surface area contributed by atoms with Crippen molar-refractivity contribution in [1.29, 1.82) is 0 Å². The maximum atomic E-state index is 5.83. The van der Waals surface area contributed by atoms with Crippen LogP contribution < -0.4 is 11.1 Å². The molecule has 1 aromatic carbocycles. The lowest BCUT2D eigenvalue weighted by molar-refractivity contribution is 0.591. The summed E-state index contributed by atoms with van der Waals surface area (Å²) in [5, 5.41) is 4.20. The molecule has 0 spiro atoms. The summed E-state index contributed by atoms with van der Waals surface area (Å²) in [5.41, 5.74) is 6.84. The second-order valence-electron chi connectivity index (χ2n) is 4.08. The molecule has 0 aromatic heterocycles. The molecular formula is C13H21ClN2. The number of benzene rings is 1. The van der Waals surface area contributed by atoms with Crippen molar-refractivity contribution in [3.05, 3.63) is 29.3 Å². The second kappa shape index (κ2) is 7.53. The molecule has 16 heavy (non-hydrogen) atoms. The SMILES string of the molecule is CCCCCC(CN)Nc1ccc(Cl)cc1. The molecule has 0 fully saturated rings. The Kier molecular flexibility index (Phi) is 6.27. The Hall–Kier alpha value is -0.730. The minimum atomic E-state index is 0.368. The van der Waals surface area contributed by atoms with Gasteiger partial charge in [-0.15, -0.1) is 0 Å². The number of nitrogens with two attached hydrogens (primary N) is 1. The zero-order valence-electron chi connectivity index (χ0n) is 9.88. The van der Waals surface area contributed by atoms with Gasteiger partial charge in [-0.1, -0.05) is 37.8 Å². The van der Waals surface area contributed by atoms with E-state index in [9.17, 15) is 0 Å². The smallest absolute Gasteiger partial charge is 0.0407 e. The number of halogens is 1. The molecule has 0 amide bonds. The summed E-state index contributed by atoms with van der Waals surface area (Å²) in [7, 11) is 0. The van der Waals surface area contributed by atoms with E-state index in [1.165, 1.54) is 19.3 Å². The molecule has 0 saturated heterocycles. The van der Waals surface area contributed by atoms with Gasteiger partial charge in [0.25, 0.3) is 0 Å². The highest BCUT2D eigenvalue weighted by Crippen LogP contribution is 2.15. The van der Waals surface area contributed by atoms with Crippen LogP contribution in [0.25, 0.3) is 0 Å². The van der Waals surface area contributed by atoms with Crippen LogP contribution in [0.15, 0.2) is 24.3 Å². The van der Waals surface area contributed by atoms with E-state index in [0.29, 0.717) is 12.6 Å². The molecule has 2 nitrogen and oxygen atoms in total. The molecule has 0 aliphatic rings. The maximum Gasteiger partial charge on any atom is 0.0407 e. The van der Waals surface area contributed by atoms with Crippen LogP contribution in [0.2, 0.25) is 5.02 Å². The van der Waals surface area contributed by atoms with Crippen molar-refractivity contribution in [2.45, 2.75) is 38.6 Å². The second-order valence-corrected chi connectivity index (χ2v) is 4.52. The van der Waals surface area contributed by atoms with Gasteiger partial charge in [-0.25, -0.2) is 0 Å². The normalized spacial score (nSPS) is 12.4. The molecule has 90 valence electrons. The predicted octanol–water partition coefficient (Wildman–Crippen LogP) is 3.66. The molecule has 0 saturated carbocycles. The average molecular weight is 241 g/mol. The first kappa shape index (κ1) is 13.3. The average Bonchev–Trinajstić information content (AvgIpc) is 2.31. The van der Waals surface area contributed by atoms with Crippen molar-refractivity contribution in [3.63, 3.8) is 0 Å². The number of anilines is 1. The Bertz CT molecular complexity index is 284. The summed E-state index contributed by atoms with van der Waals surface area (Å²) >= 11 is 5.83. The highest BCUT2D eigenvalue weighted by molar-refractivity contribution is 6.30. The van der Waals surface area contributed by atoms with E-state index in [0.717, 1.165) is 17.1 Å². The van der Waals surface area contributed by atoms with E-state index in [2.05, 4.69) is 12.2 Å². The summed E-state index contributed by atoms with van der Waals surface area (Å²) in [4.78, 5) is 0. The van der Waals surface area contributed by atoms with Gasteiger partial charge in [-0.05, 0) is 30.7 Å². The van der Waals surface area contributed by atoms with Crippen molar-refractivity contribution < 1.29 is 0 Å². The quantitative estimate of drug-likeness (QED) is 0.714. The molecule has 1 unspecified atom stereocenters. The molecule has 0 radical (unpaired) electrons. The predicted molar refractivity (Wildman–Crippen MR) is 72.1 cm³/mol. The summed E-state index contributed by atoms with van der Waals surface area (Å²) in [6, 6.07) is 8.13. The molecule has 0 heterocycles. The molecule has 1 aromatic rings. The molecule has 0 bridgehead atoms. The molecule has 3 N–H and O–H groups in total. The van der Waals surface area contributed by atoms with Gasteiger partial charge >= 0.3 is 0 Å². The van der Waals surface area contributed by atoms with Gasteiger partial charge in [-0.3, -0.25) is 0 Å². The Labute approximate surface area is 103 Å². The first-order valence-electron chi connectivity index (χ1n) is 5.98. The number of rotatable bonds is 7. The molecule has 0 aliphatic heterocycles. The van der Waals surface area contributed by atoms with Crippen LogP contribution in [0.4, 0.5) is 5.69 Å². The summed E-state index contributed by atoms with van der Waals surface area (Å²) in [6.07, 6.45) is 4.89. The van der Waals surface area contributed by atoms with Crippen LogP contribution >= 0.6 is 11.6 Å². The van der Waals surface area contributed by atoms with E-state index < -0.39 is 0 Å². The van der Waals surface area contributed by atoms with E-state index in [4.69, 9.17) is 17.3 Å². The van der Waals surface area contributed by atoms with Crippen molar-refractivity contribution in [1.82, 2.24) is 0 Å². The Morgan fingerprint density at radius 1 is 1.25 bits per heavy atom. The van der Waals surface area contributed by atoms with Gasteiger partial charge in [0, 0.05) is 23.3 Å². The number of unbranched alkanes of at least 4 members (excludes halogenated alkanes) is 2. The maximum absolute atomic E-state index is 5.83. The number of nitrogens with one attached hydrogen (secondary N) is 1. The van der Waals surface area contributed by atoms with E-state index in [1.807, 2.05) is 24.3 Å². The zero-order chi connectivity index (χ0) is 11.8. The minimum absolute atomic E-state index is 0.368. The van der Waals surface area contributed by atoms with Gasteiger partial charge in [0.15, 0.2) is 0 Å². The highest BCUT2D eigenvalue weighted by atomic mass is 35.5. The van der Waals surface area contributed by atoms with Crippen LogP contribution in [0.3, 0.4) is 0 Å². The topological polar surface area (TPSA) is 38.0 Å². The van der Waals surface area contributed by atoms with Gasteiger partial charge in [0.05, 0.1) is 0 Å². The third-order valence-electron chi connectivity index (χ3n) is 2.66. The number of hydrogen-bond donors (Lipinski definition) is 2. The Morgan fingerprint density at radius 3 is 2.50 bits per heavy atom. The van der Waals surface area contributed by atoms with Gasteiger partial charge in [-0.2, -0.15) is 0 Å². The minimum Gasteiger partial charge on any atom is -0.381 e. The first-order valence-corrected chi connectivity index (χ1v) is 6.36. The monoisotopic (exact) mass is 240 g/mol. The lowest BCUT2D eigenvalue weighted by Gasteiger charge is -2.18. The molecule has 0 aliphatic carbocycles. The van der Waals surface area contributed by atoms with Crippen LogP contribution in [0, 0.1) is 0 Å². The molecular weight excluding hydrogens is 220 g/mol. The molecule has 1 atom stereocenters. The van der Waals surface area contributed by atoms with Crippen molar-refractivity contribution in [2.24, 2.45) is 5.73 Å². The lowest BCUT2D eigenvalue weighted by Crippen LogP contribution is -2.28. The fourth-order valence-electron chi connectivity index (χ4n) is 1.67. The summed E-state index contributed by atoms with van der Waals surface area (Å²) in [5.74, 6) is 0. The molecule has 3 heteroatoms. The first-order chi connectivity index (χ1) is 7.76. The van der Waals surface area contributed by atoms with E-state index in [-0.39, 0.29) is 0 Å².